The van der Waals surface area contributed by atoms with Crippen LogP contribution in [0.3, 0.4) is 0 Å². The highest BCUT2D eigenvalue weighted by molar-refractivity contribution is 8.76. The van der Waals surface area contributed by atoms with Crippen LogP contribution in [0.5, 0.6) is 5.75 Å². The molecule has 1 aromatic rings. The quantitative estimate of drug-likeness (QED) is 0.0762. The maximum absolute atomic E-state index is 11.6. The van der Waals surface area contributed by atoms with Crippen molar-refractivity contribution in [3.8, 4) is 5.75 Å². The number of ether oxygens (including phenoxy) is 3. The molecule has 0 radical (unpaired) electrons. The third-order valence-corrected chi connectivity index (χ3v) is 6.01. The maximum Gasteiger partial charge on any atom is 0.513 e. The average molecular weight is 488 g/mol. The van der Waals surface area contributed by atoms with Crippen LogP contribution in [0.2, 0.25) is 0 Å². The largest absolute Gasteiger partial charge is 0.513 e. The fraction of sp³-hybridized carbons (Fsp3) is 0.444. The molecule has 1 heterocycles. The lowest BCUT2D eigenvalue weighted by atomic mass is 10.3. The van der Waals surface area contributed by atoms with E-state index in [0.29, 0.717) is 23.2 Å². The minimum Gasteiger partial charge on any atom is -0.433 e. The highest BCUT2D eigenvalue weighted by Crippen LogP contribution is 2.21. The summed E-state index contributed by atoms with van der Waals surface area (Å²) in [6, 6.07) is 5.04. The smallest absolute Gasteiger partial charge is 0.433 e. The van der Waals surface area contributed by atoms with Gasteiger partial charge in [0, 0.05) is 36.5 Å². The van der Waals surface area contributed by atoms with Crippen molar-refractivity contribution in [1.82, 2.24) is 5.06 Å². The molecule has 32 heavy (non-hydrogen) atoms. The first-order valence-corrected chi connectivity index (χ1v) is 11.8. The molecule has 1 aromatic carbocycles. The Kier molecular flexibility index (Phi) is 10.8. The van der Waals surface area contributed by atoms with Crippen molar-refractivity contribution in [1.29, 1.82) is 0 Å². The van der Waals surface area contributed by atoms with Crippen LogP contribution < -0.4 is 4.74 Å². The fourth-order valence-corrected chi connectivity index (χ4v) is 3.88. The van der Waals surface area contributed by atoms with Gasteiger partial charge in [-0.15, -0.1) is 5.06 Å². The summed E-state index contributed by atoms with van der Waals surface area (Å²) < 4.78 is 15.1. The molecule has 2 rings (SSSR count). The Bertz CT molecular complexity index is 818. The Balaban J connectivity index is 1.42. The summed E-state index contributed by atoms with van der Waals surface area (Å²) in [5.41, 5.74) is -0.113. The Morgan fingerprint density at radius 3 is 2.25 bits per heavy atom. The third-order valence-electron chi connectivity index (χ3n) is 3.68. The molecule has 174 valence electrons. The molecular formula is C18H20N2O10S2. The highest BCUT2D eigenvalue weighted by atomic mass is 33.1. The van der Waals surface area contributed by atoms with Gasteiger partial charge in [0.15, 0.2) is 0 Å². The molecule has 1 aliphatic heterocycles. The maximum atomic E-state index is 11.6. The van der Waals surface area contributed by atoms with Gasteiger partial charge in [-0.2, -0.15) is 0 Å². The predicted molar refractivity (Wildman–Crippen MR) is 113 cm³/mol. The van der Waals surface area contributed by atoms with Crippen LogP contribution in [0.25, 0.3) is 0 Å². The second kappa shape index (κ2) is 13.5. The zero-order valence-electron chi connectivity index (χ0n) is 16.8. The molecule has 2 amide bonds. The van der Waals surface area contributed by atoms with Gasteiger partial charge in [-0.25, -0.2) is 9.59 Å². The van der Waals surface area contributed by atoms with Gasteiger partial charge in [-0.1, -0.05) is 21.6 Å². The summed E-state index contributed by atoms with van der Waals surface area (Å²) in [4.78, 5) is 60.5. The lowest BCUT2D eigenvalue weighted by Crippen LogP contribution is -2.32. The van der Waals surface area contributed by atoms with Gasteiger partial charge >= 0.3 is 12.1 Å². The molecule has 0 N–H and O–H groups in total. The van der Waals surface area contributed by atoms with Crippen molar-refractivity contribution in [3.63, 3.8) is 0 Å². The van der Waals surface area contributed by atoms with Gasteiger partial charge in [0.25, 0.3) is 17.5 Å². The SMILES string of the molecule is O=C(CCOCCSSCCOC(=O)Oc1ccc([N+](=O)[O-])cc1)ON1C(=O)CCC1=O. The molecule has 0 aliphatic carbocycles. The molecular weight excluding hydrogens is 468 g/mol. The Morgan fingerprint density at radius 1 is 1.00 bits per heavy atom. The number of hydroxylamine groups is 2. The predicted octanol–water partition coefficient (Wildman–Crippen LogP) is 2.51. The van der Waals surface area contributed by atoms with Crippen molar-refractivity contribution in [3.05, 3.63) is 34.4 Å². The first kappa shape index (κ1) is 25.4. The number of nitrogens with zero attached hydrogens (tertiary/aromatic N) is 2. The van der Waals surface area contributed by atoms with Crippen molar-refractivity contribution in [2.24, 2.45) is 0 Å². The molecule has 1 fully saturated rings. The van der Waals surface area contributed by atoms with E-state index in [9.17, 15) is 29.3 Å². The first-order chi connectivity index (χ1) is 15.4. The van der Waals surface area contributed by atoms with Crippen molar-refractivity contribution < 1.29 is 43.1 Å². The van der Waals surface area contributed by atoms with Crippen LogP contribution >= 0.6 is 21.6 Å². The summed E-state index contributed by atoms with van der Waals surface area (Å²) in [5.74, 6) is -0.501. The number of imide groups is 1. The van der Waals surface area contributed by atoms with E-state index in [1.54, 1.807) is 0 Å². The topological polar surface area (TPSA) is 152 Å². The van der Waals surface area contributed by atoms with Crippen LogP contribution in [0, 0.1) is 10.1 Å². The van der Waals surface area contributed by atoms with Crippen molar-refractivity contribution >= 4 is 51.2 Å². The minimum atomic E-state index is -0.906. The molecule has 0 unspecified atom stereocenters. The fourth-order valence-electron chi connectivity index (χ4n) is 2.19. The standard InChI is InChI=1S/C18H20N2O10S2/c21-15-5-6-16(22)19(15)30-17(23)7-8-27-9-11-31-32-12-10-28-18(24)29-14-3-1-13(2-4-14)20(25)26/h1-4H,5-12H2. The zero-order valence-corrected chi connectivity index (χ0v) is 18.4. The Hall–Kier alpha value is -2.84. The molecule has 1 aliphatic rings. The lowest BCUT2D eigenvalue weighted by Gasteiger charge is -2.12. The first-order valence-electron chi connectivity index (χ1n) is 9.34. The lowest BCUT2D eigenvalue weighted by molar-refractivity contribution is -0.384. The number of amides is 2. The van der Waals surface area contributed by atoms with E-state index < -0.39 is 28.9 Å². The van der Waals surface area contributed by atoms with E-state index in [1.165, 1.54) is 45.9 Å². The van der Waals surface area contributed by atoms with Gasteiger partial charge < -0.3 is 19.0 Å². The van der Waals surface area contributed by atoms with Gasteiger partial charge in [-0.05, 0) is 12.1 Å². The Morgan fingerprint density at radius 2 is 1.62 bits per heavy atom. The summed E-state index contributed by atoms with van der Waals surface area (Å²) in [6.45, 7) is 0.581. The second-order valence-electron chi connectivity index (χ2n) is 6.00. The number of carbonyl (C=O) groups is 4. The molecule has 0 atom stereocenters. The summed E-state index contributed by atoms with van der Waals surface area (Å²) in [7, 11) is 2.93. The van der Waals surface area contributed by atoms with Gasteiger partial charge in [0.05, 0.1) is 24.6 Å². The molecule has 0 aromatic heterocycles. The number of rotatable bonds is 13. The van der Waals surface area contributed by atoms with Gasteiger partial charge in [0.1, 0.15) is 12.4 Å². The van der Waals surface area contributed by atoms with E-state index in [2.05, 4.69) is 0 Å². The molecule has 0 bridgehead atoms. The number of hydrogen-bond donors (Lipinski definition) is 0. The summed E-state index contributed by atoms with van der Waals surface area (Å²) in [5, 5.41) is 11.1. The second-order valence-corrected chi connectivity index (χ2v) is 8.71. The van der Waals surface area contributed by atoms with E-state index >= 15 is 0 Å². The van der Waals surface area contributed by atoms with Gasteiger partial charge in [-0.3, -0.25) is 19.7 Å². The van der Waals surface area contributed by atoms with Crippen LogP contribution in [-0.2, 0) is 28.7 Å². The molecule has 14 heteroatoms. The molecule has 1 saturated heterocycles. The van der Waals surface area contributed by atoms with Crippen molar-refractivity contribution in [2.45, 2.75) is 19.3 Å². The molecule has 0 spiro atoms. The minimum absolute atomic E-state index is 0.0452. The van der Waals surface area contributed by atoms with E-state index in [4.69, 9.17) is 19.0 Å². The van der Waals surface area contributed by atoms with Crippen LogP contribution in [0.1, 0.15) is 19.3 Å². The number of carbonyl (C=O) groups excluding carboxylic acids is 4. The van der Waals surface area contributed by atoms with Crippen LogP contribution in [0.4, 0.5) is 10.5 Å². The number of nitro benzene ring substituents is 1. The molecule has 0 saturated carbocycles. The van der Waals surface area contributed by atoms with Crippen molar-refractivity contribution in [2.75, 3.05) is 31.3 Å². The molecule has 12 nitrogen and oxygen atoms in total. The summed E-state index contributed by atoms with van der Waals surface area (Å²) >= 11 is 0. The number of nitro groups is 1. The highest BCUT2D eigenvalue weighted by Gasteiger charge is 2.32. The monoisotopic (exact) mass is 488 g/mol. The van der Waals surface area contributed by atoms with Gasteiger partial charge in [0.2, 0.25) is 0 Å². The van der Waals surface area contributed by atoms with E-state index in [0.717, 1.165) is 0 Å². The Labute approximate surface area is 190 Å². The zero-order chi connectivity index (χ0) is 23.3. The van der Waals surface area contributed by atoms with Crippen LogP contribution in [0.15, 0.2) is 24.3 Å². The average Bonchev–Trinajstić information content (AvgIpc) is 3.07. The normalized spacial score (nSPS) is 13.2. The van der Waals surface area contributed by atoms with Crippen LogP contribution in [-0.4, -0.2) is 65.3 Å². The van der Waals surface area contributed by atoms with E-state index in [1.807, 2.05) is 0 Å². The summed E-state index contributed by atoms with van der Waals surface area (Å²) in [6.07, 6.45) is -0.899. The third kappa shape index (κ3) is 9.11. The number of hydrogen-bond acceptors (Lipinski definition) is 12. The van der Waals surface area contributed by atoms with E-state index in [-0.39, 0.29) is 43.9 Å². The number of non-ortho nitro benzene ring substituents is 1. The number of benzene rings is 1.